The molecule has 3 nitrogen and oxygen atoms in total. The fourth-order valence-electron chi connectivity index (χ4n) is 2.74. The van der Waals surface area contributed by atoms with Crippen molar-refractivity contribution in [3.8, 4) is 17.1 Å². The van der Waals surface area contributed by atoms with Crippen LogP contribution in [0.2, 0.25) is 0 Å². The Balaban J connectivity index is 1.58. The lowest BCUT2D eigenvalue weighted by Crippen LogP contribution is -1.99. The maximum atomic E-state index is 5.74. The van der Waals surface area contributed by atoms with E-state index in [2.05, 4.69) is 32.8 Å². The number of benzene rings is 1. The van der Waals surface area contributed by atoms with Crippen LogP contribution in [0.3, 0.4) is 0 Å². The van der Waals surface area contributed by atoms with Crippen molar-refractivity contribution in [2.45, 2.75) is 64.7 Å². The van der Waals surface area contributed by atoms with Gasteiger partial charge in [0.05, 0.1) is 19.0 Å². The quantitative estimate of drug-likeness (QED) is 0.364. The molecule has 0 fully saturated rings. The molecule has 0 N–H and O–H groups in total. The molecular formula is C21H29BrN2O. The molecule has 2 rings (SSSR count). The minimum Gasteiger partial charge on any atom is -0.490 e. The minimum atomic E-state index is 0.725. The first-order chi connectivity index (χ1) is 12.3. The van der Waals surface area contributed by atoms with Gasteiger partial charge >= 0.3 is 0 Å². The van der Waals surface area contributed by atoms with Gasteiger partial charge in [-0.1, -0.05) is 86.4 Å². The molecule has 0 aliphatic heterocycles. The lowest BCUT2D eigenvalue weighted by molar-refractivity contribution is 0.302. The summed E-state index contributed by atoms with van der Waals surface area (Å²) >= 11 is 3.43. The summed E-state index contributed by atoms with van der Waals surface area (Å²) in [6.45, 7) is 3.01. The van der Waals surface area contributed by atoms with Crippen LogP contribution < -0.4 is 4.74 Å². The van der Waals surface area contributed by atoms with Crippen molar-refractivity contribution >= 4 is 15.9 Å². The summed E-state index contributed by atoms with van der Waals surface area (Å²) in [5.41, 5.74) is 1.01. The van der Waals surface area contributed by atoms with Crippen LogP contribution in [0.1, 0.15) is 64.7 Å². The zero-order valence-corrected chi connectivity index (χ0v) is 16.8. The maximum absolute atomic E-state index is 5.74. The average Bonchev–Trinajstić information content (AvgIpc) is 2.64. The van der Waals surface area contributed by atoms with Gasteiger partial charge in [0.2, 0.25) is 0 Å². The molecule has 25 heavy (non-hydrogen) atoms. The van der Waals surface area contributed by atoms with Crippen LogP contribution >= 0.6 is 15.9 Å². The Morgan fingerprint density at radius 3 is 1.96 bits per heavy atom. The van der Waals surface area contributed by atoms with Crippen LogP contribution in [0.25, 0.3) is 11.4 Å². The standard InChI is InChI=1S/C21H29BrN2O/c1-2-3-4-5-6-7-8-9-10-15-25-20-16-23-21(24-17-20)18-11-13-19(22)14-12-18/h11-14,16-17H,2-10,15H2,1H3. The molecule has 0 unspecified atom stereocenters. The second-order valence-corrected chi connectivity index (χ2v) is 7.34. The first-order valence-electron chi connectivity index (χ1n) is 9.50. The predicted octanol–water partition coefficient (Wildman–Crippen LogP) is 6.82. The van der Waals surface area contributed by atoms with Gasteiger partial charge < -0.3 is 4.74 Å². The number of hydrogen-bond donors (Lipinski definition) is 0. The van der Waals surface area contributed by atoms with Gasteiger partial charge in [0.1, 0.15) is 0 Å². The highest BCUT2D eigenvalue weighted by Gasteiger charge is 2.02. The number of ether oxygens (including phenoxy) is 1. The van der Waals surface area contributed by atoms with Crippen molar-refractivity contribution in [2.24, 2.45) is 0 Å². The normalized spacial score (nSPS) is 10.8. The van der Waals surface area contributed by atoms with Gasteiger partial charge in [-0.2, -0.15) is 0 Å². The molecule has 0 radical (unpaired) electrons. The number of nitrogens with zero attached hydrogens (tertiary/aromatic N) is 2. The fourth-order valence-corrected chi connectivity index (χ4v) is 3.01. The molecule has 0 atom stereocenters. The van der Waals surface area contributed by atoms with Gasteiger partial charge in [-0.05, 0) is 18.6 Å². The van der Waals surface area contributed by atoms with Crippen LogP contribution in [-0.4, -0.2) is 16.6 Å². The van der Waals surface area contributed by atoms with E-state index >= 15 is 0 Å². The van der Waals surface area contributed by atoms with Gasteiger partial charge in [0.25, 0.3) is 0 Å². The van der Waals surface area contributed by atoms with E-state index in [-0.39, 0.29) is 0 Å². The Hall–Kier alpha value is -1.42. The number of rotatable bonds is 12. The molecule has 0 spiro atoms. The van der Waals surface area contributed by atoms with Gasteiger partial charge in [-0.15, -0.1) is 0 Å². The summed E-state index contributed by atoms with van der Waals surface area (Å²) in [5.74, 6) is 1.48. The fraction of sp³-hybridized carbons (Fsp3) is 0.524. The van der Waals surface area contributed by atoms with Crippen LogP contribution in [-0.2, 0) is 0 Å². The number of aromatic nitrogens is 2. The van der Waals surface area contributed by atoms with E-state index in [0.29, 0.717) is 0 Å². The van der Waals surface area contributed by atoms with Crippen molar-refractivity contribution in [2.75, 3.05) is 6.61 Å². The molecular weight excluding hydrogens is 376 g/mol. The molecule has 0 saturated carbocycles. The first-order valence-corrected chi connectivity index (χ1v) is 10.3. The Morgan fingerprint density at radius 2 is 1.36 bits per heavy atom. The molecule has 1 aromatic heterocycles. The lowest BCUT2D eigenvalue weighted by Gasteiger charge is -2.06. The number of hydrogen-bond acceptors (Lipinski definition) is 3. The third kappa shape index (κ3) is 8.00. The molecule has 1 heterocycles. The smallest absolute Gasteiger partial charge is 0.159 e. The van der Waals surface area contributed by atoms with E-state index in [1.807, 2.05) is 24.3 Å². The first kappa shape index (κ1) is 19.9. The van der Waals surface area contributed by atoms with Crippen LogP contribution in [0.5, 0.6) is 5.75 Å². The molecule has 2 aromatic rings. The molecule has 1 aromatic carbocycles. The third-order valence-corrected chi connectivity index (χ3v) is 4.78. The van der Waals surface area contributed by atoms with Crippen LogP contribution in [0, 0.1) is 0 Å². The van der Waals surface area contributed by atoms with Gasteiger partial charge in [0, 0.05) is 10.0 Å². The lowest BCUT2D eigenvalue weighted by atomic mass is 10.1. The highest BCUT2D eigenvalue weighted by atomic mass is 79.9. The largest absolute Gasteiger partial charge is 0.490 e. The van der Waals surface area contributed by atoms with E-state index in [0.717, 1.165) is 34.6 Å². The zero-order chi connectivity index (χ0) is 17.7. The molecule has 136 valence electrons. The van der Waals surface area contributed by atoms with E-state index in [9.17, 15) is 0 Å². The topological polar surface area (TPSA) is 35.0 Å². The molecule has 0 aliphatic rings. The van der Waals surface area contributed by atoms with E-state index < -0.39 is 0 Å². The van der Waals surface area contributed by atoms with Crippen LogP contribution in [0.4, 0.5) is 0 Å². The Morgan fingerprint density at radius 1 is 0.800 bits per heavy atom. The van der Waals surface area contributed by atoms with E-state index in [4.69, 9.17) is 4.74 Å². The summed E-state index contributed by atoms with van der Waals surface area (Å²) < 4.78 is 6.80. The summed E-state index contributed by atoms with van der Waals surface area (Å²) in [5, 5.41) is 0. The Bertz CT molecular complexity index is 584. The van der Waals surface area contributed by atoms with E-state index in [1.165, 1.54) is 51.4 Å². The second kappa shape index (κ2) is 12.0. The van der Waals surface area contributed by atoms with Crippen molar-refractivity contribution in [1.29, 1.82) is 0 Å². The molecule has 0 amide bonds. The highest BCUT2D eigenvalue weighted by Crippen LogP contribution is 2.19. The van der Waals surface area contributed by atoms with Crippen molar-refractivity contribution in [1.82, 2.24) is 9.97 Å². The second-order valence-electron chi connectivity index (χ2n) is 6.43. The Labute approximate surface area is 160 Å². The summed E-state index contributed by atoms with van der Waals surface area (Å²) in [6.07, 6.45) is 15.4. The zero-order valence-electron chi connectivity index (χ0n) is 15.2. The SMILES string of the molecule is CCCCCCCCCCCOc1cnc(-c2ccc(Br)cc2)nc1. The molecule has 0 saturated heterocycles. The Kier molecular flexibility index (Phi) is 9.57. The van der Waals surface area contributed by atoms with Crippen molar-refractivity contribution in [3.63, 3.8) is 0 Å². The third-order valence-electron chi connectivity index (χ3n) is 4.25. The molecule has 0 bridgehead atoms. The predicted molar refractivity (Wildman–Crippen MR) is 108 cm³/mol. The highest BCUT2D eigenvalue weighted by molar-refractivity contribution is 9.10. The summed E-state index contributed by atoms with van der Waals surface area (Å²) in [6, 6.07) is 7.99. The van der Waals surface area contributed by atoms with E-state index in [1.54, 1.807) is 12.4 Å². The van der Waals surface area contributed by atoms with Crippen molar-refractivity contribution in [3.05, 3.63) is 41.1 Å². The number of unbranched alkanes of at least 4 members (excludes halogenated alkanes) is 8. The summed E-state index contributed by atoms with van der Waals surface area (Å²) in [7, 11) is 0. The monoisotopic (exact) mass is 404 g/mol. The van der Waals surface area contributed by atoms with Crippen LogP contribution in [0.15, 0.2) is 41.1 Å². The molecule has 4 heteroatoms. The summed E-state index contributed by atoms with van der Waals surface area (Å²) in [4.78, 5) is 8.78. The molecule has 0 aliphatic carbocycles. The number of halogens is 1. The maximum Gasteiger partial charge on any atom is 0.159 e. The van der Waals surface area contributed by atoms with Gasteiger partial charge in [-0.25, -0.2) is 9.97 Å². The minimum absolute atomic E-state index is 0.725. The van der Waals surface area contributed by atoms with Gasteiger partial charge in [0.15, 0.2) is 11.6 Å². The van der Waals surface area contributed by atoms with Crippen molar-refractivity contribution < 1.29 is 4.74 Å². The van der Waals surface area contributed by atoms with Gasteiger partial charge in [-0.3, -0.25) is 0 Å². The average molecular weight is 405 g/mol.